The van der Waals surface area contributed by atoms with Gasteiger partial charge in [0.1, 0.15) is 0 Å². The van der Waals surface area contributed by atoms with Crippen LogP contribution in [0.1, 0.15) is 44.9 Å². The van der Waals surface area contributed by atoms with E-state index >= 15 is 0 Å². The number of hydrogen-bond donors (Lipinski definition) is 1. The second-order valence-corrected chi connectivity index (χ2v) is 9.15. The van der Waals surface area contributed by atoms with Gasteiger partial charge in [0.15, 0.2) is 20.7 Å². The zero-order chi connectivity index (χ0) is 17.1. The zero-order valence-corrected chi connectivity index (χ0v) is 15.2. The van der Waals surface area contributed by atoms with Crippen molar-refractivity contribution in [3.05, 3.63) is 34.9 Å². The molecule has 0 radical (unpaired) electrons. The third-order valence-corrected chi connectivity index (χ3v) is 4.01. The van der Waals surface area contributed by atoms with Crippen LogP contribution in [0.3, 0.4) is 0 Å². The Bertz CT molecular complexity index is 542. The smallest absolute Gasteiger partial charge is 0.217 e. The summed E-state index contributed by atoms with van der Waals surface area (Å²) in [5.74, 6) is -2.10. The number of carbonyl (C=O) groups is 1. The molecule has 1 amide bonds. The third-order valence-electron chi connectivity index (χ3n) is 3.20. The van der Waals surface area contributed by atoms with E-state index in [1.54, 1.807) is 6.07 Å². The number of benzene rings is 1. The lowest BCUT2D eigenvalue weighted by atomic mass is 9.84. The third kappa shape index (κ3) is 4.88. The Morgan fingerprint density at radius 3 is 2.32 bits per heavy atom. The van der Waals surface area contributed by atoms with Crippen LogP contribution in [-0.4, -0.2) is 14.9 Å². The quantitative estimate of drug-likeness (QED) is 0.837. The molecular weight excluding hydrogens is 304 g/mol. The van der Waals surface area contributed by atoms with E-state index < -0.39 is 26.8 Å². The van der Waals surface area contributed by atoms with Crippen molar-refractivity contribution in [3.8, 4) is 0 Å². The van der Waals surface area contributed by atoms with Gasteiger partial charge in [0.05, 0.1) is 6.10 Å². The van der Waals surface area contributed by atoms with Crippen LogP contribution in [0, 0.1) is 17.0 Å². The van der Waals surface area contributed by atoms with Gasteiger partial charge < -0.3 is 9.74 Å². The minimum absolute atomic E-state index is 0.0294. The molecule has 0 aliphatic rings. The molecule has 0 bridgehead atoms. The number of amides is 1. The fourth-order valence-corrected chi connectivity index (χ4v) is 3.28. The Morgan fingerprint density at radius 1 is 1.27 bits per heavy atom. The summed E-state index contributed by atoms with van der Waals surface area (Å²) in [6.07, 6.45) is -0.497. The maximum Gasteiger partial charge on any atom is 0.217 e. The number of halogens is 2. The second-order valence-electron chi connectivity index (χ2n) is 6.78. The summed E-state index contributed by atoms with van der Waals surface area (Å²) in [6, 6.07) is 3.07. The van der Waals surface area contributed by atoms with Gasteiger partial charge in [-0.3, -0.25) is 4.79 Å². The van der Waals surface area contributed by atoms with Crippen molar-refractivity contribution < 1.29 is 18.0 Å². The van der Waals surface area contributed by atoms with E-state index in [9.17, 15) is 13.6 Å². The molecule has 0 fully saturated rings. The summed E-state index contributed by atoms with van der Waals surface area (Å²) in [6.45, 7) is 11.1. The maximum absolute atomic E-state index is 14.5. The van der Waals surface area contributed by atoms with Crippen LogP contribution in [0.2, 0.25) is 13.1 Å². The lowest BCUT2D eigenvalue weighted by Gasteiger charge is -2.33. The predicted molar refractivity (Wildman–Crippen MR) is 86.0 cm³/mol. The van der Waals surface area contributed by atoms with Gasteiger partial charge in [0.25, 0.3) is 0 Å². The molecule has 3 nitrogen and oxygen atoms in total. The van der Waals surface area contributed by atoms with Crippen molar-refractivity contribution >= 4 is 14.9 Å². The van der Waals surface area contributed by atoms with Gasteiger partial charge >= 0.3 is 0 Å². The van der Waals surface area contributed by atoms with Crippen LogP contribution < -0.4 is 5.32 Å². The normalized spacial score (nSPS) is 13.3. The van der Waals surface area contributed by atoms with Crippen molar-refractivity contribution in [1.29, 1.82) is 0 Å². The first-order chi connectivity index (χ1) is 10.0. The highest BCUT2D eigenvalue weighted by Gasteiger charge is 2.31. The Labute approximate surface area is 132 Å². The minimum atomic E-state index is -1.42. The van der Waals surface area contributed by atoms with Gasteiger partial charge in [-0.2, -0.15) is 0 Å². The first-order valence-corrected chi connectivity index (χ1v) is 10.2. The van der Waals surface area contributed by atoms with Crippen LogP contribution in [0.4, 0.5) is 8.78 Å². The molecule has 6 heteroatoms. The summed E-state index contributed by atoms with van der Waals surface area (Å²) in [5.41, 5.74) is 0.0210. The van der Waals surface area contributed by atoms with E-state index in [2.05, 4.69) is 5.32 Å². The average Bonchev–Trinajstić information content (AvgIpc) is 2.36. The molecule has 124 valence electrons. The first-order valence-electron chi connectivity index (χ1n) is 7.40. The molecule has 0 heterocycles. The Hall–Kier alpha value is -1.27. The van der Waals surface area contributed by atoms with E-state index in [0.717, 1.165) is 0 Å². The van der Waals surface area contributed by atoms with Gasteiger partial charge in [-0.25, -0.2) is 8.78 Å². The standard InChI is InChI=1S/C16H25F2NO2Si/c1-10(20)19-9-11-7-8-12(14(18)13(11)17)15(16(2,3)4)21-22(5)6/h7-8,15,22H,9H2,1-6H3,(H,19,20). The number of carbonyl (C=O) groups excluding carboxylic acids is 1. The van der Waals surface area contributed by atoms with Crippen molar-refractivity contribution in [1.82, 2.24) is 5.32 Å². The highest BCUT2D eigenvalue weighted by Crippen LogP contribution is 2.38. The van der Waals surface area contributed by atoms with Crippen LogP contribution in [0.15, 0.2) is 12.1 Å². The van der Waals surface area contributed by atoms with Crippen molar-refractivity contribution in [3.63, 3.8) is 0 Å². The topological polar surface area (TPSA) is 38.3 Å². The highest BCUT2D eigenvalue weighted by atomic mass is 28.3. The molecule has 0 saturated heterocycles. The summed E-state index contributed by atoms with van der Waals surface area (Å²) in [4.78, 5) is 10.9. The SMILES string of the molecule is CC(=O)NCc1ccc(C(O[SiH](C)C)C(C)(C)C)c(F)c1F. The highest BCUT2D eigenvalue weighted by molar-refractivity contribution is 6.48. The molecule has 1 atom stereocenters. The van der Waals surface area contributed by atoms with Crippen LogP contribution in [0.25, 0.3) is 0 Å². The molecular formula is C16H25F2NO2Si. The molecule has 1 aromatic rings. The molecule has 1 unspecified atom stereocenters. The monoisotopic (exact) mass is 329 g/mol. The summed E-state index contributed by atoms with van der Waals surface area (Å²) in [7, 11) is -1.42. The molecule has 0 spiro atoms. The van der Waals surface area contributed by atoms with Gasteiger partial charge in [0.2, 0.25) is 5.91 Å². The van der Waals surface area contributed by atoms with Crippen LogP contribution in [-0.2, 0) is 15.8 Å². The lowest BCUT2D eigenvalue weighted by Crippen LogP contribution is -2.27. The molecule has 0 saturated carbocycles. The lowest BCUT2D eigenvalue weighted by molar-refractivity contribution is -0.119. The molecule has 22 heavy (non-hydrogen) atoms. The Kier molecular flexibility index (Phi) is 6.25. The van der Waals surface area contributed by atoms with E-state index in [0.29, 0.717) is 0 Å². The first kappa shape index (κ1) is 18.8. The van der Waals surface area contributed by atoms with Crippen molar-refractivity contribution in [2.75, 3.05) is 0 Å². The number of nitrogens with one attached hydrogen (secondary N) is 1. The largest absolute Gasteiger partial charge is 0.413 e. The minimum Gasteiger partial charge on any atom is -0.413 e. The molecule has 1 N–H and O–H groups in total. The van der Waals surface area contributed by atoms with E-state index in [1.807, 2.05) is 33.9 Å². The molecule has 0 aliphatic carbocycles. The van der Waals surface area contributed by atoms with Crippen molar-refractivity contribution in [2.45, 2.75) is 53.4 Å². The average molecular weight is 329 g/mol. The second kappa shape index (κ2) is 7.33. The fourth-order valence-electron chi connectivity index (χ4n) is 2.18. The van der Waals surface area contributed by atoms with E-state index in [-0.39, 0.29) is 29.0 Å². The Morgan fingerprint density at radius 2 is 1.86 bits per heavy atom. The fraction of sp³-hybridized carbons (Fsp3) is 0.562. The van der Waals surface area contributed by atoms with Gasteiger partial charge in [-0.1, -0.05) is 32.9 Å². The van der Waals surface area contributed by atoms with E-state index in [4.69, 9.17) is 4.43 Å². The number of hydrogen-bond acceptors (Lipinski definition) is 2. The molecule has 1 aromatic carbocycles. The molecule has 1 rings (SSSR count). The Balaban J connectivity index is 3.18. The van der Waals surface area contributed by atoms with Crippen LogP contribution >= 0.6 is 0 Å². The maximum atomic E-state index is 14.5. The summed E-state index contributed by atoms with van der Waals surface area (Å²) < 4.78 is 34.6. The van der Waals surface area contributed by atoms with Crippen molar-refractivity contribution in [2.24, 2.45) is 5.41 Å². The van der Waals surface area contributed by atoms with Crippen LogP contribution in [0.5, 0.6) is 0 Å². The summed E-state index contributed by atoms with van der Waals surface area (Å²) in [5, 5.41) is 2.47. The van der Waals surface area contributed by atoms with Gasteiger partial charge in [0, 0.05) is 24.6 Å². The molecule has 0 aliphatic heterocycles. The van der Waals surface area contributed by atoms with E-state index in [1.165, 1.54) is 13.0 Å². The zero-order valence-electron chi connectivity index (χ0n) is 14.1. The molecule has 0 aromatic heterocycles. The predicted octanol–water partition coefficient (Wildman–Crippen LogP) is 3.69. The van der Waals surface area contributed by atoms with Gasteiger partial charge in [-0.05, 0) is 18.5 Å². The van der Waals surface area contributed by atoms with Gasteiger partial charge in [-0.15, -0.1) is 0 Å². The number of rotatable bonds is 5. The summed E-state index contributed by atoms with van der Waals surface area (Å²) >= 11 is 0.